The number of carbonyl (C=O) groups excluding carboxylic acids is 1. The fourth-order valence-corrected chi connectivity index (χ4v) is 2.45. The fourth-order valence-electron chi connectivity index (χ4n) is 0.826. The Balaban J connectivity index is 2.28. The van der Waals surface area contributed by atoms with Crippen molar-refractivity contribution in [3.63, 3.8) is 0 Å². The van der Waals surface area contributed by atoms with Crippen LogP contribution in [0.1, 0.15) is 11.9 Å². The number of thioether (sulfide) groups is 1. The number of rotatable bonds is 5. The first-order valence-electron chi connectivity index (χ1n) is 4.45. The number of aromatic nitrogens is 2. The van der Waals surface area contributed by atoms with Gasteiger partial charge in [-0.05, 0) is 13.8 Å². The van der Waals surface area contributed by atoms with Crippen molar-refractivity contribution in [2.45, 2.75) is 24.2 Å². The van der Waals surface area contributed by atoms with Crippen LogP contribution in [-0.4, -0.2) is 39.6 Å². The highest BCUT2D eigenvalue weighted by molar-refractivity contribution is 8.01. The molecule has 0 aromatic carbocycles. The Morgan fingerprint density at radius 3 is 2.93 bits per heavy atom. The van der Waals surface area contributed by atoms with Gasteiger partial charge in [-0.1, -0.05) is 23.1 Å². The molecule has 0 aliphatic carbocycles. The Kier molecular flexibility index (Phi) is 5.00. The maximum Gasteiger partial charge on any atom is 0.230 e. The van der Waals surface area contributed by atoms with Crippen molar-refractivity contribution in [2.75, 3.05) is 12.4 Å². The van der Waals surface area contributed by atoms with Crippen molar-refractivity contribution in [1.29, 1.82) is 0 Å². The number of aliphatic hydroxyl groups is 1. The summed E-state index contributed by atoms with van der Waals surface area (Å²) in [6.45, 7) is 3.57. The molecule has 1 aromatic rings. The third-order valence-electron chi connectivity index (χ3n) is 1.52. The highest BCUT2D eigenvalue weighted by Crippen LogP contribution is 2.21. The summed E-state index contributed by atoms with van der Waals surface area (Å²) in [5.41, 5.74) is 0. The second kappa shape index (κ2) is 6.04. The van der Waals surface area contributed by atoms with Crippen LogP contribution in [0.4, 0.5) is 0 Å². The van der Waals surface area contributed by atoms with E-state index in [0.717, 1.165) is 9.35 Å². The third-order valence-corrected chi connectivity index (χ3v) is 3.49. The molecule has 1 rings (SSSR count). The lowest BCUT2D eigenvalue weighted by atomic mass is 10.4. The van der Waals surface area contributed by atoms with E-state index >= 15 is 0 Å². The van der Waals surface area contributed by atoms with Gasteiger partial charge in [-0.25, -0.2) is 0 Å². The van der Waals surface area contributed by atoms with E-state index in [4.69, 9.17) is 5.11 Å². The Bertz CT molecular complexity index is 329. The van der Waals surface area contributed by atoms with Gasteiger partial charge in [-0.3, -0.25) is 4.79 Å². The van der Waals surface area contributed by atoms with Crippen LogP contribution < -0.4 is 5.32 Å². The minimum absolute atomic E-state index is 0.0473. The normalized spacial score (nSPS) is 12.5. The van der Waals surface area contributed by atoms with Crippen LogP contribution in [-0.2, 0) is 4.79 Å². The molecule has 7 heteroatoms. The maximum absolute atomic E-state index is 11.3. The van der Waals surface area contributed by atoms with Crippen molar-refractivity contribution >= 4 is 29.0 Å². The quantitative estimate of drug-likeness (QED) is 0.738. The van der Waals surface area contributed by atoms with E-state index in [0.29, 0.717) is 5.75 Å². The molecule has 0 fully saturated rings. The van der Waals surface area contributed by atoms with Gasteiger partial charge < -0.3 is 10.4 Å². The second-order valence-corrected chi connectivity index (χ2v) is 5.43. The van der Waals surface area contributed by atoms with Crippen LogP contribution in [0, 0.1) is 6.92 Å². The fraction of sp³-hybridized carbons (Fsp3) is 0.625. The first-order chi connectivity index (χ1) is 7.11. The molecular formula is C8H13N3O2S2. The topological polar surface area (TPSA) is 75.1 Å². The lowest BCUT2D eigenvalue weighted by Crippen LogP contribution is -2.36. The third kappa shape index (κ3) is 4.59. The minimum Gasteiger partial charge on any atom is -0.394 e. The maximum atomic E-state index is 11.3. The molecule has 2 N–H and O–H groups in total. The lowest BCUT2D eigenvalue weighted by Gasteiger charge is -2.09. The molecule has 1 atom stereocenters. The molecule has 0 unspecified atom stereocenters. The standard InChI is InChI=1S/C8H13N3O2S2/c1-5(3-12)9-7(13)4-14-8-11-10-6(2)15-8/h5,12H,3-4H2,1-2H3,(H,9,13)/t5-/m1/s1. The van der Waals surface area contributed by atoms with Crippen LogP contribution >= 0.6 is 23.1 Å². The van der Waals surface area contributed by atoms with Crippen molar-refractivity contribution in [1.82, 2.24) is 15.5 Å². The molecule has 15 heavy (non-hydrogen) atoms. The van der Waals surface area contributed by atoms with Gasteiger partial charge in [0.1, 0.15) is 5.01 Å². The van der Waals surface area contributed by atoms with Gasteiger partial charge in [0, 0.05) is 6.04 Å². The van der Waals surface area contributed by atoms with Gasteiger partial charge in [0.2, 0.25) is 5.91 Å². The Morgan fingerprint density at radius 1 is 1.67 bits per heavy atom. The molecule has 0 saturated heterocycles. The lowest BCUT2D eigenvalue weighted by molar-refractivity contribution is -0.119. The van der Waals surface area contributed by atoms with Gasteiger partial charge in [-0.2, -0.15) is 0 Å². The number of hydrogen-bond acceptors (Lipinski definition) is 6. The SMILES string of the molecule is Cc1nnc(SCC(=O)N[C@H](C)CO)s1. The van der Waals surface area contributed by atoms with Crippen molar-refractivity contribution < 1.29 is 9.90 Å². The Morgan fingerprint density at radius 2 is 2.40 bits per heavy atom. The molecule has 84 valence electrons. The zero-order chi connectivity index (χ0) is 11.3. The average Bonchev–Trinajstić information content (AvgIpc) is 2.61. The summed E-state index contributed by atoms with van der Waals surface area (Å²) in [4.78, 5) is 11.3. The zero-order valence-electron chi connectivity index (χ0n) is 8.56. The van der Waals surface area contributed by atoms with E-state index in [9.17, 15) is 4.79 Å². The summed E-state index contributed by atoms with van der Waals surface area (Å²) in [5.74, 6) is 0.202. The van der Waals surface area contributed by atoms with Crippen molar-refractivity contribution in [3.8, 4) is 0 Å². The average molecular weight is 247 g/mol. The zero-order valence-corrected chi connectivity index (χ0v) is 10.2. The highest BCUT2D eigenvalue weighted by atomic mass is 32.2. The molecule has 1 heterocycles. The summed E-state index contributed by atoms with van der Waals surface area (Å²) in [6, 6.07) is -0.200. The van der Waals surface area contributed by atoms with Gasteiger partial charge in [0.15, 0.2) is 4.34 Å². The Hall–Kier alpha value is -0.660. The molecule has 0 spiro atoms. The summed E-state index contributed by atoms with van der Waals surface area (Å²) in [6.07, 6.45) is 0. The predicted octanol–water partition coefficient (Wildman–Crippen LogP) is 0.436. The van der Waals surface area contributed by atoms with E-state index < -0.39 is 0 Å². The largest absolute Gasteiger partial charge is 0.394 e. The molecule has 0 radical (unpaired) electrons. The van der Waals surface area contributed by atoms with Crippen LogP contribution in [0.5, 0.6) is 0 Å². The minimum atomic E-state index is -0.200. The van der Waals surface area contributed by atoms with E-state index in [-0.39, 0.29) is 18.6 Å². The first-order valence-corrected chi connectivity index (χ1v) is 6.25. The molecule has 1 aromatic heterocycles. The number of aryl methyl sites for hydroxylation is 1. The molecule has 0 saturated carbocycles. The number of aliphatic hydroxyl groups excluding tert-OH is 1. The highest BCUT2D eigenvalue weighted by Gasteiger charge is 2.08. The van der Waals surface area contributed by atoms with Crippen LogP contribution in [0.15, 0.2) is 4.34 Å². The smallest absolute Gasteiger partial charge is 0.230 e. The summed E-state index contributed by atoms with van der Waals surface area (Å²) >= 11 is 2.82. The van der Waals surface area contributed by atoms with E-state index in [2.05, 4.69) is 15.5 Å². The molecule has 0 aliphatic heterocycles. The van der Waals surface area contributed by atoms with E-state index in [1.807, 2.05) is 6.92 Å². The van der Waals surface area contributed by atoms with Crippen LogP contribution in [0.25, 0.3) is 0 Å². The first kappa shape index (κ1) is 12.4. The van der Waals surface area contributed by atoms with Gasteiger partial charge in [0.25, 0.3) is 0 Å². The number of carbonyl (C=O) groups is 1. The van der Waals surface area contributed by atoms with Gasteiger partial charge in [-0.15, -0.1) is 10.2 Å². The van der Waals surface area contributed by atoms with E-state index in [1.54, 1.807) is 6.92 Å². The summed E-state index contributed by atoms with van der Waals surface area (Å²) in [5, 5.41) is 20.0. The van der Waals surface area contributed by atoms with Gasteiger partial charge in [0.05, 0.1) is 12.4 Å². The molecule has 0 aliphatic rings. The second-order valence-electron chi connectivity index (χ2n) is 3.03. The van der Waals surface area contributed by atoms with Crippen LogP contribution in [0.3, 0.4) is 0 Å². The number of nitrogens with zero attached hydrogens (tertiary/aromatic N) is 2. The van der Waals surface area contributed by atoms with Crippen molar-refractivity contribution in [2.24, 2.45) is 0 Å². The predicted molar refractivity (Wildman–Crippen MR) is 60.1 cm³/mol. The number of nitrogens with one attached hydrogen (secondary N) is 1. The monoisotopic (exact) mass is 247 g/mol. The summed E-state index contributed by atoms with van der Waals surface area (Å²) < 4.78 is 0.791. The Labute approximate surface area is 96.3 Å². The van der Waals surface area contributed by atoms with Crippen molar-refractivity contribution in [3.05, 3.63) is 5.01 Å². The molecule has 5 nitrogen and oxygen atoms in total. The molecule has 1 amide bonds. The van der Waals surface area contributed by atoms with Crippen LogP contribution in [0.2, 0.25) is 0 Å². The molecular weight excluding hydrogens is 234 g/mol. The van der Waals surface area contributed by atoms with E-state index in [1.165, 1.54) is 23.1 Å². The van der Waals surface area contributed by atoms with Gasteiger partial charge >= 0.3 is 0 Å². The molecule has 0 bridgehead atoms. The number of hydrogen-bond donors (Lipinski definition) is 2. The number of amides is 1. The summed E-state index contributed by atoms with van der Waals surface area (Å²) in [7, 11) is 0.